The molecular weight excluding hydrogens is 316 g/mol. The lowest BCUT2D eigenvalue weighted by atomic mass is 9.81. The second kappa shape index (κ2) is 11.5. The van der Waals surface area contributed by atoms with Crippen LogP contribution in [0.3, 0.4) is 0 Å². The average molecular weight is 353 g/mol. The van der Waals surface area contributed by atoms with Crippen LogP contribution in [0.2, 0.25) is 0 Å². The number of rotatable bonds is 11. The van der Waals surface area contributed by atoms with Crippen LogP contribution in [0.4, 0.5) is 0 Å². The highest BCUT2D eigenvalue weighted by atomic mass is 32.2. The Morgan fingerprint density at radius 2 is 2.00 bits per heavy atom. The molecule has 0 saturated carbocycles. The maximum Gasteiger partial charge on any atom is 0.00350 e. The van der Waals surface area contributed by atoms with E-state index in [2.05, 4.69) is 52.2 Å². The molecule has 1 aliphatic heterocycles. The van der Waals surface area contributed by atoms with E-state index in [1.807, 2.05) is 23.5 Å². The van der Waals surface area contributed by atoms with E-state index in [0.29, 0.717) is 5.41 Å². The summed E-state index contributed by atoms with van der Waals surface area (Å²) in [5, 5.41) is 0. The summed E-state index contributed by atoms with van der Waals surface area (Å²) in [5.41, 5.74) is 1.75. The standard InChI is InChI=1S/C21H36S2/c1-6-8-9-10-11-14-21(4,7-2)20(22-5)17-18(3)16-19-13-12-15-23-19/h13,16-17H,6-12,14-15H2,1-5H3. The van der Waals surface area contributed by atoms with Crippen LogP contribution in [0.1, 0.15) is 79.1 Å². The number of unbranched alkanes of at least 4 members (excludes halogenated alkanes) is 4. The summed E-state index contributed by atoms with van der Waals surface area (Å²) in [6.07, 6.45) is 20.1. The van der Waals surface area contributed by atoms with Gasteiger partial charge in [0.15, 0.2) is 0 Å². The zero-order valence-corrected chi connectivity index (χ0v) is 17.5. The summed E-state index contributed by atoms with van der Waals surface area (Å²) in [4.78, 5) is 3.02. The zero-order chi connectivity index (χ0) is 17.1. The molecule has 0 radical (unpaired) electrons. The molecule has 23 heavy (non-hydrogen) atoms. The van der Waals surface area contributed by atoms with E-state index < -0.39 is 0 Å². The second-order valence-electron chi connectivity index (χ2n) is 6.92. The molecule has 1 unspecified atom stereocenters. The summed E-state index contributed by atoms with van der Waals surface area (Å²) in [6, 6.07) is 0. The first-order valence-electron chi connectivity index (χ1n) is 9.33. The Bertz CT molecular complexity index is 431. The van der Waals surface area contributed by atoms with E-state index in [9.17, 15) is 0 Å². The van der Waals surface area contributed by atoms with Crippen molar-refractivity contribution in [3.05, 3.63) is 33.6 Å². The van der Waals surface area contributed by atoms with E-state index in [4.69, 9.17) is 0 Å². The van der Waals surface area contributed by atoms with Crippen molar-refractivity contribution < 1.29 is 0 Å². The van der Waals surface area contributed by atoms with Gasteiger partial charge in [0.1, 0.15) is 0 Å². The first-order valence-corrected chi connectivity index (χ1v) is 11.5. The van der Waals surface area contributed by atoms with Crippen LogP contribution >= 0.6 is 23.5 Å². The van der Waals surface area contributed by atoms with E-state index in [-0.39, 0.29) is 0 Å². The molecule has 1 atom stereocenters. The second-order valence-corrected chi connectivity index (χ2v) is 8.94. The Balaban J connectivity index is 2.71. The van der Waals surface area contributed by atoms with Crippen molar-refractivity contribution >= 4 is 23.5 Å². The number of hydrogen-bond donors (Lipinski definition) is 0. The maximum absolute atomic E-state index is 2.46. The lowest BCUT2D eigenvalue weighted by Crippen LogP contribution is -2.17. The predicted octanol–water partition coefficient (Wildman–Crippen LogP) is 7.98. The highest BCUT2D eigenvalue weighted by molar-refractivity contribution is 8.03. The molecule has 1 rings (SSSR count). The van der Waals surface area contributed by atoms with Crippen molar-refractivity contribution in [3.63, 3.8) is 0 Å². The van der Waals surface area contributed by atoms with Crippen LogP contribution in [-0.4, -0.2) is 12.0 Å². The number of thioether (sulfide) groups is 2. The third-order valence-electron chi connectivity index (χ3n) is 4.89. The van der Waals surface area contributed by atoms with Crippen molar-refractivity contribution in [1.29, 1.82) is 0 Å². The van der Waals surface area contributed by atoms with Crippen LogP contribution in [0, 0.1) is 5.41 Å². The van der Waals surface area contributed by atoms with Gasteiger partial charge in [0.25, 0.3) is 0 Å². The van der Waals surface area contributed by atoms with Gasteiger partial charge < -0.3 is 0 Å². The van der Waals surface area contributed by atoms with Gasteiger partial charge in [0, 0.05) is 10.7 Å². The number of hydrogen-bond acceptors (Lipinski definition) is 2. The molecule has 0 fully saturated rings. The first-order chi connectivity index (χ1) is 11.1. The maximum atomic E-state index is 2.46. The summed E-state index contributed by atoms with van der Waals surface area (Å²) >= 11 is 3.94. The van der Waals surface area contributed by atoms with E-state index in [1.165, 1.54) is 67.6 Å². The van der Waals surface area contributed by atoms with E-state index in [0.717, 1.165) is 0 Å². The Morgan fingerprint density at radius 3 is 2.57 bits per heavy atom. The molecule has 0 bridgehead atoms. The molecule has 0 saturated heterocycles. The summed E-state index contributed by atoms with van der Waals surface area (Å²) in [7, 11) is 0. The van der Waals surface area contributed by atoms with Crippen LogP contribution in [-0.2, 0) is 0 Å². The van der Waals surface area contributed by atoms with Gasteiger partial charge >= 0.3 is 0 Å². The Labute approximate surface area is 153 Å². The van der Waals surface area contributed by atoms with E-state index >= 15 is 0 Å². The highest BCUT2D eigenvalue weighted by Crippen LogP contribution is 2.42. The van der Waals surface area contributed by atoms with Crippen molar-refractivity contribution in [3.8, 4) is 0 Å². The fourth-order valence-corrected chi connectivity index (χ4v) is 5.10. The summed E-state index contributed by atoms with van der Waals surface area (Å²) < 4.78 is 0. The fraction of sp³-hybridized carbons (Fsp3) is 0.714. The summed E-state index contributed by atoms with van der Waals surface area (Å²) in [6.45, 7) is 9.36. The highest BCUT2D eigenvalue weighted by Gasteiger charge is 2.26. The molecule has 0 aromatic carbocycles. The monoisotopic (exact) mass is 352 g/mol. The normalized spacial score (nSPS) is 18.9. The number of allylic oxidation sites excluding steroid dienone is 5. The molecule has 0 amide bonds. The van der Waals surface area contributed by atoms with Gasteiger partial charge in [0.05, 0.1) is 0 Å². The van der Waals surface area contributed by atoms with Crippen molar-refractivity contribution in [2.45, 2.75) is 79.1 Å². The van der Waals surface area contributed by atoms with Gasteiger partial charge in [-0.25, -0.2) is 0 Å². The molecule has 0 aliphatic carbocycles. The van der Waals surface area contributed by atoms with Crippen LogP contribution in [0.15, 0.2) is 33.6 Å². The molecule has 0 spiro atoms. The van der Waals surface area contributed by atoms with Crippen molar-refractivity contribution in [1.82, 2.24) is 0 Å². The Kier molecular flexibility index (Phi) is 10.5. The van der Waals surface area contributed by atoms with Gasteiger partial charge in [0.2, 0.25) is 0 Å². The first kappa shape index (κ1) is 21.0. The largest absolute Gasteiger partial charge is 0.133 e. The minimum absolute atomic E-state index is 0.345. The lowest BCUT2D eigenvalue weighted by Gasteiger charge is -2.31. The van der Waals surface area contributed by atoms with Gasteiger partial charge in [-0.3, -0.25) is 0 Å². The van der Waals surface area contributed by atoms with Gasteiger partial charge in [-0.15, -0.1) is 23.5 Å². The van der Waals surface area contributed by atoms with Crippen LogP contribution in [0.25, 0.3) is 0 Å². The van der Waals surface area contributed by atoms with Gasteiger partial charge in [-0.05, 0) is 60.5 Å². The van der Waals surface area contributed by atoms with E-state index in [1.54, 1.807) is 4.91 Å². The van der Waals surface area contributed by atoms with Crippen LogP contribution < -0.4 is 0 Å². The minimum Gasteiger partial charge on any atom is -0.133 e. The molecule has 2 heteroatoms. The topological polar surface area (TPSA) is 0 Å². The molecule has 0 aromatic heterocycles. The Morgan fingerprint density at radius 1 is 1.26 bits per heavy atom. The molecule has 0 N–H and O–H groups in total. The van der Waals surface area contributed by atoms with Crippen LogP contribution in [0.5, 0.6) is 0 Å². The van der Waals surface area contributed by atoms with Crippen molar-refractivity contribution in [2.24, 2.45) is 5.41 Å². The molecule has 1 aliphatic rings. The SMILES string of the molecule is CCCCCCCC(C)(CC)C(=CC(C)=CC1=CCCS1)SC. The molecule has 132 valence electrons. The summed E-state index contributed by atoms with van der Waals surface area (Å²) in [5.74, 6) is 1.25. The van der Waals surface area contributed by atoms with Crippen molar-refractivity contribution in [2.75, 3.05) is 12.0 Å². The quantitative estimate of drug-likeness (QED) is 0.273. The predicted molar refractivity (Wildman–Crippen MR) is 112 cm³/mol. The lowest BCUT2D eigenvalue weighted by molar-refractivity contribution is 0.350. The third kappa shape index (κ3) is 7.56. The Hall–Kier alpha value is -0.0800. The third-order valence-corrected chi connectivity index (χ3v) is 7.00. The van der Waals surface area contributed by atoms with Gasteiger partial charge in [-0.1, -0.05) is 59.0 Å². The smallest absolute Gasteiger partial charge is 0.00350 e. The van der Waals surface area contributed by atoms with Gasteiger partial charge in [-0.2, -0.15) is 0 Å². The fourth-order valence-electron chi connectivity index (χ4n) is 3.08. The molecule has 1 heterocycles. The minimum atomic E-state index is 0.345. The average Bonchev–Trinajstić information content (AvgIpc) is 3.05. The molecule has 0 aromatic rings. The molecule has 0 nitrogen and oxygen atoms in total. The zero-order valence-electron chi connectivity index (χ0n) is 15.9. The molecular formula is C21H36S2.